The van der Waals surface area contributed by atoms with Crippen LogP contribution in [-0.4, -0.2) is 30.9 Å². The summed E-state index contributed by atoms with van der Waals surface area (Å²) in [5, 5.41) is 0.761. The lowest BCUT2D eigenvalue weighted by Crippen LogP contribution is -2.42. The van der Waals surface area contributed by atoms with E-state index in [0.29, 0.717) is 16.8 Å². The zero-order valence-electron chi connectivity index (χ0n) is 17.3. The Hall–Kier alpha value is -2.71. The van der Waals surface area contributed by atoms with Crippen LogP contribution in [0.25, 0.3) is 10.9 Å². The normalized spacial score (nSPS) is 15.5. The molecular formula is C23H25FN2O4S. The van der Waals surface area contributed by atoms with Gasteiger partial charge in [-0.15, -0.1) is 0 Å². The monoisotopic (exact) mass is 444 g/mol. The van der Waals surface area contributed by atoms with Crippen LogP contribution in [0.1, 0.15) is 37.7 Å². The second kappa shape index (κ2) is 8.80. The molecule has 0 unspecified atom stereocenters. The van der Waals surface area contributed by atoms with E-state index in [0.717, 1.165) is 49.6 Å². The number of rotatable bonds is 6. The molecule has 0 atom stereocenters. The predicted molar refractivity (Wildman–Crippen MR) is 117 cm³/mol. The Morgan fingerprint density at radius 1 is 1.06 bits per heavy atom. The number of methoxy groups -OCH3 is 1. The maximum Gasteiger partial charge on any atom is 0.252 e. The minimum atomic E-state index is -3.91. The van der Waals surface area contributed by atoms with Gasteiger partial charge >= 0.3 is 0 Å². The molecule has 1 saturated carbocycles. The second-order valence-electron chi connectivity index (χ2n) is 7.87. The number of pyridine rings is 1. The van der Waals surface area contributed by atoms with Crippen LogP contribution in [0.4, 0.5) is 4.39 Å². The van der Waals surface area contributed by atoms with Crippen molar-refractivity contribution in [2.45, 2.75) is 49.6 Å². The standard InChI is InChI=1S/C23H25FN2O4S/c1-30-20-9-12-22-16(14-20)13-17(23(27)25-22)15-26(19-5-3-2-4-6-19)31(28,29)21-10-7-18(24)8-11-21/h7-14,19H,2-6,15H2,1H3,(H,25,27). The van der Waals surface area contributed by atoms with Crippen LogP contribution < -0.4 is 10.3 Å². The van der Waals surface area contributed by atoms with Crippen molar-refractivity contribution in [2.24, 2.45) is 0 Å². The van der Waals surface area contributed by atoms with E-state index >= 15 is 0 Å². The van der Waals surface area contributed by atoms with E-state index in [9.17, 15) is 17.6 Å². The zero-order chi connectivity index (χ0) is 22.0. The van der Waals surface area contributed by atoms with Gasteiger partial charge in [-0.25, -0.2) is 12.8 Å². The van der Waals surface area contributed by atoms with Crippen LogP contribution in [0.5, 0.6) is 5.75 Å². The fraction of sp³-hybridized carbons (Fsp3) is 0.348. The molecular weight excluding hydrogens is 419 g/mol. The first-order chi connectivity index (χ1) is 14.9. The van der Waals surface area contributed by atoms with Gasteiger partial charge < -0.3 is 9.72 Å². The maximum atomic E-state index is 13.5. The fourth-order valence-corrected chi connectivity index (χ4v) is 5.83. The van der Waals surface area contributed by atoms with Crippen molar-refractivity contribution < 1.29 is 17.5 Å². The number of H-pyrrole nitrogens is 1. The summed E-state index contributed by atoms with van der Waals surface area (Å²) in [6, 6.07) is 11.7. The van der Waals surface area contributed by atoms with Gasteiger partial charge in [0.25, 0.3) is 5.56 Å². The van der Waals surface area contributed by atoms with Gasteiger partial charge in [0.1, 0.15) is 11.6 Å². The highest BCUT2D eigenvalue weighted by Gasteiger charge is 2.33. The highest BCUT2D eigenvalue weighted by molar-refractivity contribution is 7.89. The molecule has 2 aromatic carbocycles. The number of sulfonamides is 1. The quantitative estimate of drug-likeness (QED) is 0.618. The molecule has 0 spiro atoms. The van der Waals surface area contributed by atoms with Crippen molar-refractivity contribution in [3.63, 3.8) is 0 Å². The van der Waals surface area contributed by atoms with Crippen LogP contribution >= 0.6 is 0 Å². The number of benzene rings is 2. The molecule has 0 radical (unpaired) electrons. The van der Waals surface area contributed by atoms with Gasteiger partial charge in [-0.05, 0) is 61.4 Å². The van der Waals surface area contributed by atoms with E-state index in [1.165, 1.54) is 16.4 Å². The summed E-state index contributed by atoms with van der Waals surface area (Å²) in [4.78, 5) is 15.6. The van der Waals surface area contributed by atoms with Gasteiger partial charge in [0, 0.05) is 29.1 Å². The summed E-state index contributed by atoms with van der Waals surface area (Å²) < 4.78 is 47.0. The van der Waals surface area contributed by atoms with Crippen molar-refractivity contribution in [2.75, 3.05) is 7.11 Å². The highest BCUT2D eigenvalue weighted by atomic mass is 32.2. The largest absolute Gasteiger partial charge is 0.497 e. The average Bonchev–Trinajstić information content (AvgIpc) is 2.78. The summed E-state index contributed by atoms with van der Waals surface area (Å²) in [5.41, 5.74) is 0.685. The number of fused-ring (bicyclic) bond motifs is 1. The number of nitrogens with zero attached hydrogens (tertiary/aromatic N) is 1. The number of nitrogens with one attached hydrogen (secondary N) is 1. The van der Waals surface area contributed by atoms with E-state index in [4.69, 9.17) is 4.74 Å². The molecule has 3 aromatic rings. The number of hydrogen-bond acceptors (Lipinski definition) is 4. The Labute approximate surface area is 180 Å². The molecule has 0 saturated heterocycles. The third-order valence-electron chi connectivity index (χ3n) is 5.86. The Morgan fingerprint density at radius 3 is 2.45 bits per heavy atom. The van der Waals surface area contributed by atoms with Gasteiger partial charge in [0.15, 0.2) is 0 Å². The lowest BCUT2D eigenvalue weighted by Gasteiger charge is -2.33. The molecule has 1 fully saturated rings. The van der Waals surface area contributed by atoms with E-state index < -0.39 is 15.8 Å². The predicted octanol–water partition coefficient (Wildman–Crippen LogP) is 4.20. The first-order valence-corrected chi connectivity index (χ1v) is 11.8. The minimum absolute atomic E-state index is 0.0263. The topological polar surface area (TPSA) is 79.5 Å². The van der Waals surface area contributed by atoms with Crippen LogP contribution in [0.15, 0.2) is 58.2 Å². The van der Waals surface area contributed by atoms with Gasteiger partial charge in [-0.1, -0.05) is 19.3 Å². The summed E-state index contributed by atoms with van der Waals surface area (Å²) >= 11 is 0. The third-order valence-corrected chi connectivity index (χ3v) is 7.77. The molecule has 8 heteroatoms. The van der Waals surface area contributed by atoms with Crippen molar-refractivity contribution in [3.8, 4) is 5.75 Å². The van der Waals surface area contributed by atoms with Gasteiger partial charge in [-0.2, -0.15) is 4.31 Å². The van der Waals surface area contributed by atoms with Crippen LogP contribution in [-0.2, 0) is 16.6 Å². The molecule has 31 heavy (non-hydrogen) atoms. The lowest BCUT2D eigenvalue weighted by atomic mass is 9.95. The molecule has 1 heterocycles. The molecule has 1 aliphatic carbocycles. The summed E-state index contributed by atoms with van der Waals surface area (Å²) in [5.74, 6) is 0.150. The first kappa shape index (κ1) is 21.5. The Bertz CT molecular complexity index is 1230. The van der Waals surface area contributed by atoms with Crippen molar-refractivity contribution >= 4 is 20.9 Å². The molecule has 6 nitrogen and oxygen atoms in total. The first-order valence-electron chi connectivity index (χ1n) is 10.4. The van der Waals surface area contributed by atoms with Gasteiger partial charge in [-0.3, -0.25) is 4.79 Å². The number of aromatic amines is 1. The molecule has 0 amide bonds. The van der Waals surface area contributed by atoms with Gasteiger partial charge in [0.2, 0.25) is 10.0 Å². The Morgan fingerprint density at radius 2 is 1.77 bits per heavy atom. The van der Waals surface area contributed by atoms with E-state index in [1.54, 1.807) is 31.4 Å². The average molecular weight is 445 g/mol. The molecule has 1 aliphatic rings. The van der Waals surface area contributed by atoms with Crippen LogP contribution in [0.2, 0.25) is 0 Å². The smallest absolute Gasteiger partial charge is 0.252 e. The van der Waals surface area contributed by atoms with Gasteiger partial charge in [0.05, 0.1) is 12.0 Å². The van der Waals surface area contributed by atoms with Crippen molar-refractivity contribution in [1.82, 2.24) is 9.29 Å². The van der Waals surface area contributed by atoms with Crippen LogP contribution in [0.3, 0.4) is 0 Å². The number of halogens is 1. The van der Waals surface area contributed by atoms with Crippen molar-refractivity contribution in [1.29, 1.82) is 0 Å². The van der Waals surface area contributed by atoms with E-state index in [-0.39, 0.29) is 23.0 Å². The van der Waals surface area contributed by atoms with E-state index in [1.807, 2.05) is 0 Å². The molecule has 164 valence electrons. The van der Waals surface area contributed by atoms with E-state index in [2.05, 4.69) is 4.98 Å². The summed E-state index contributed by atoms with van der Waals surface area (Å²) in [7, 11) is -2.35. The molecule has 4 rings (SSSR count). The molecule has 1 N–H and O–H groups in total. The number of aromatic nitrogens is 1. The Balaban J connectivity index is 1.76. The Kier molecular flexibility index (Phi) is 6.11. The summed E-state index contributed by atoms with van der Waals surface area (Å²) in [6.07, 6.45) is 4.41. The highest BCUT2D eigenvalue weighted by Crippen LogP contribution is 2.30. The maximum absolute atomic E-state index is 13.5. The molecule has 0 bridgehead atoms. The number of ether oxygens (including phenoxy) is 1. The van der Waals surface area contributed by atoms with Crippen LogP contribution in [0, 0.1) is 5.82 Å². The fourth-order valence-electron chi connectivity index (χ4n) is 4.16. The SMILES string of the molecule is COc1ccc2[nH]c(=O)c(CN(C3CCCCC3)S(=O)(=O)c3ccc(F)cc3)cc2c1. The third kappa shape index (κ3) is 4.50. The second-order valence-corrected chi connectivity index (χ2v) is 9.76. The lowest BCUT2D eigenvalue weighted by molar-refractivity contribution is 0.247. The minimum Gasteiger partial charge on any atom is -0.497 e. The molecule has 1 aromatic heterocycles. The number of hydrogen-bond donors (Lipinski definition) is 1. The van der Waals surface area contributed by atoms with Crippen molar-refractivity contribution in [3.05, 3.63) is 70.3 Å². The summed E-state index contributed by atoms with van der Waals surface area (Å²) in [6.45, 7) is -0.0488. The zero-order valence-corrected chi connectivity index (χ0v) is 18.1. The molecule has 0 aliphatic heterocycles.